The molecule has 0 unspecified atom stereocenters. The molecule has 0 radical (unpaired) electrons. The molecule has 0 saturated carbocycles. The summed E-state index contributed by atoms with van der Waals surface area (Å²) in [5.41, 5.74) is 2.09. The predicted octanol–water partition coefficient (Wildman–Crippen LogP) is 3.62. The van der Waals surface area contributed by atoms with Gasteiger partial charge in [0, 0.05) is 22.2 Å². The van der Waals surface area contributed by atoms with E-state index in [1.54, 1.807) is 0 Å². The molecule has 76 valence electrons. The summed E-state index contributed by atoms with van der Waals surface area (Å²) in [6, 6.07) is 5.52. The van der Waals surface area contributed by atoms with Crippen LogP contribution in [0.5, 0.6) is 0 Å². The fourth-order valence-electron chi connectivity index (χ4n) is 1.22. The molecule has 3 heteroatoms. The normalized spacial score (nSPS) is 11.9. The molecule has 0 aliphatic heterocycles. The van der Waals surface area contributed by atoms with Crippen molar-refractivity contribution in [2.24, 2.45) is 0 Å². The zero-order chi connectivity index (χ0) is 10.6. The second-order valence-corrected chi connectivity index (χ2v) is 3.97. The fraction of sp³-hybridized carbons (Fsp3) is 0.273. The first-order valence-electron chi connectivity index (χ1n) is 4.41. The number of rotatable bonds is 3. The average Bonchev–Trinajstić information content (AvgIpc) is 2.12. The lowest BCUT2D eigenvalue weighted by atomic mass is 10.1. The van der Waals surface area contributed by atoms with Crippen molar-refractivity contribution in [2.45, 2.75) is 6.92 Å². The van der Waals surface area contributed by atoms with Crippen LogP contribution < -0.4 is 5.32 Å². The van der Waals surface area contributed by atoms with Gasteiger partial charge in [-0.1, -0.05) is 40.9 Å². The first-order valence-corrected chi connectivity index (χ1v) is 5.16. The lowest BCUT2D eigenvalue weighted by Crippen LogP contribution is -2.08. The molecule has 14 heavy (non-hydrogen) atoms. The van der Waals surface area contributed by atoms with Crippen LogP contribution in [0.1, 0.15) is 12.5 Å². The monoisotopic (exact) mass is 229 g/mol. The molecular formula is C11H13Cl2N. The Morgan fingerprint density at radius 1 is 1.36 bits per heavy atom. The van der Waals surface area contributed by atoms with Crippen molar-refractivity contribution in [1.82, 2.24) is 5.32 Å². The molecule has 1 rings (SSSR count). The Bertz CT molecular complexity index is 325. The summed E-state index contributed by atoms with van der Waals surface area (Å²) in [5.74, 6) is 0. The van der Waals surface area contributed by atoms with E-state index in [1.165, 1.54) is 5.57 Å². The number of nitrogens with one attached hydrogen (secondary N) is 1. The Morgan fingerprint density at radius 2 is 1.93 bits per heavy atom. The van der Waals surface area contributed by atoms with Crippen molar-refractivity contribution in [1.29, 1.82) is 0 Å². The lowest BCUT2D eigenvalue weighted by Gasteiger charge is -2.04. The van der Waals surface area contributed by atoms with Gasteiger partial charge in [0.25, 0.3) is 0 Å². The molecule has 0 saturated heterocycles. The van der Waals surface area contributed by atoms with Gasteiger partial charge in [-0.25, -0.2) is 0 Å². The van der Waals surface area contributed by atoms with Gasteiger partial charge in [0.1, 0.15) is 0 Å². The third-order valence-electron chi connectivity index (χ3n) is 1.85. The summed E-state index contributed by atoms with van der Waals surface area (Å²) < 4.78 is 0. The van der Waals surface area contributed by atoms with Crippen LogP contribution in [0.15, 0.2) is 23.8 Å². The Morgan fingerprint density at radius 3 is 2.43 bits per heavy atom. The molecule has 1 nitrogen and oxygen atoms in total. The summed E-state index contributed by atoms with van der Waals surface area (Å²) in [6.07, 6.45) is 2.00. The van der Waals surface area contributed by atoms with Crippen molar-refractivity contribution < 1.29 is 0 Å². The topological polar surface area (TPSA) is 12.0 Å². The molecule has 1 N–H and O–H groups in total. The van der Waals surface area contributed by atoms with Crippen molar-refractivity contribution in [3.63, 3.8) is 0 Å². The van der Waals surface area contributed by atoms with Crippen molar-refractivity contribution in [2.75, 3.05) is 13.6 Å². The number of hydrogen-bond acceptors (Lipinski definition) is 1. The molecular weight excluding hydrogens is 217 g/mol. The van der Waals surface area contributed by atoms with Crippen LogP contribution in [0.4, 0.5) is 0 Å². The molecule has 0 amide bonds. The van der Waals surface area contributed by atoms with E-state index in [9.17, 15) is 0 Å². The highest BCUT2D eigenvalue weighted by atomic mass is 35.5. The van der Waals surface area contributed by atoms with E-state index in [1.807, 2.05) is 38.2 Å². The zero-order valence-electron chi connectivity index (χ0n) is 8.27. The van der Waals surface area contributed by atoms with Crippen LogP contribution in [0.3, 0.4) is 0 Å². The molecule has 0 spiro atoms. The van der Waals surface area contributed by atoms with Gasteiger partial charge in [0.05, 0.1) is 0 Å². The quantitative estimate of drug-likeness (QED) is 0.836. The van der Waals surface area contributed by atoms with Gasteiger partial charge in [-0.2, -0.15) is 0 Å². The van der Waals surface area contributed by atoms with Gasteiger partial charge < -0.3 is 5.32 Å². The number of likely N-dealkylation sites (N-methyl/N-ethyl adjacent to an activating group) is 1. The molecule has 0 bridgehead atoms. The van der Waals surface area contributed by atoms with Crippen molar-refractivity contribution >= 4 is 29.3 Å². The molecule has 0 heterocycles. The van der Waals surface area contributed by atoms with E-state index < -0.39 is 0 Å². The van der Waals surface area contributed by atoms with E-state index in [4.69, 9.17) is 23.2 Å². The largest absolute Gasteiger partial charge is 0.316 e. The summed E-state index contributed by atoms with van der Waals surface area (Å²) in [6.45, 7) is 2.87. The zero-order valence-corrected chi connectivity index (χ0v) is 9.78. The van der Waals surface area contributed by atoms with Crippen molar-refractivity contribution in [3.8, 4) is 0 Å². The first-order chi connectivity index (χ1) is 6.65. The van der Waals surface area contributed by atoms with Crippen LogP contribution in [0, 0.1) is 0 Å². The Hall–Kier alpha value is -0.500. The maximum atomic E-state index is 6.02. The standard InChI is InChI=1S/C11H13Cl2N/c1-8(7-14-2)6-9-10(12)4-3-5-11(9)13/h3-6,14H,7H2,1-2H3. The number of hydrogen-bond donors (Lipinski definition) is 1. The van der Waals surface area contributed by atoms with Crippen LogP contribution >= 0.6 is 23.2 Å². The van der Waals surface area contributed by atoms with E-state index in [2.05, 4.69) is 5.32 Å². The van der Waals surface area contributed by atoms with Gasteiger partial charge in [-0.15, -0.1) is 0 Å². The Kier molecular flexibility index (Phi) is 4.46. The predicted molar refractivity (Wildman–Crippen MR) is 64.0 cm³/mol. The molecule has 0 aliphatic carbocycles. The highest BCUT2D eigenvalue weighted by Crippen LogP contribution is 2.26. The molecule has 0 aromatic heterocycles. The average molecular weight is 230 g/mol. The van der Waals surface area contributed by atoms with Gasteiger partial charge in [-0.05, 0) is 26.1 Å². The van der Waals surface area contributed by atoms with E-state index in [-0.39, 0.29) is 0 Å². The van der Waals surface area contributed by atoms with Crippen LogP contribution in [0.2, 0.25) is 10.0 Å². The molecule has 1 aromatic rings. The highest BCUT2D eigenvalue weighted by Gasteiger charge is 2.02. The maximum absolute atomic E-state index is 6.02. The molecule has 1 aromatic carbocycles. The third kappa shape index (κ3) is 3.02. The van der Waals surface area contributed by atoms with Crippen LogP contribution in [-0.2, 0) is 0 Å². The van der Waals surface area contributed by atoms with E-state index in [0.717, 1.165) is 12.1 Å². The van der Waals surface area contributed by atoms with E-state index in [0.29, 0.717) is 10.0 Å². The smallest absolute Gasteiger partial charge is 0.0493 e. The molecule has 0 aliphatic rings. The number of benzene rings is 1. The second-order valence-electron chi connectivity index (χ2n) is 3.16. The Balaban J connectivity index is 3.01. The summed E-state index contributed by atoms with van der Waals surface area (Å²) in [5, 5.41) is 4.45. The maximum Gasteiger partial charge on any atom is 0.0493 e. The molecule has 0 fully saturated rings. The van der Waals surface area contributed by atoms with E-state index >= 15 is 0 Å². The van der Waals surface area contributed by atoms with Crippen molar-refractivity contribution in [3.05, 3.63) is 39.4 Å². The minimum atomic E-state index is 0.688. The van der Waals surface area contributed by atoms with Gasteiger partial charge >= 0.3 is 0 Å². The third-order valence-corrected chi connectivity index (χ3v) is 2.51. The molecule has 0 atom stereocenters. The summed E-state index contributed by atoms with van der Waals surface area (Å²) >= 11 is 12.0. The van der Waals surface area contributed by atoms with Gasteiger partial charge in [-0.3, -0.25) is 0 Å². The number of halogens is 2. The minimum absolute atomic E-state index is 0.688. The minimum Gasteiger partial charge on any atom is -0.316 e. The van der Waals surface area contributed by atoms with Crippen LogP contribution in [0.25, 0.3) is 6.08 Å². The fourth-order valence-corrected chi connectivity index (χ4v) is 1.73. The SMILES string of the molecule is CNCC(C)=Cc1c(Cl)cccc1Cl. The Labute approximate surface area is 94.7 Å². The highest BCUT2D eigenvalue weighted by molar-refractivity contribution is 6.37. The first kappa shape index (κ1) is 11.6. The van der Waals surface area contributed by atoms with Gasteiger partial charge in [0.2, 0.25) is 0 Å². The summed E-state index contributed by atoms with van der Waals surface area (Å²) in [7, 11) is 1.91. The summed E-state index contributed by atoms with van der Waals surface area (Å²) in [4.78, 5) is 0. The second kappa shape index (κ2) is 5.40. The lowest BCUT2D eigenvalue weighted by molar-refractivity contribution is 0.884. The van der Waals surface area contributed by atoms with Crippen LogP contribution in [-0.4, -0.2) is 13.6 Å². The van der Waals surface area contributed by atoms with Gasteiger partial charge in [0.15, 0.2) is 0 Å².